The van der Waals surface area contributed by atoms with E-state index in [0.717, 1.165) is 18.9 Å². The summed E-state index contributed by atoms with van der Waals surface area (Å²) in [6.07, 6.45) is 5.27. The molecule has 1 N–H and O–H groups in total. The van der Waals surface area contributed by atoms with Crippen LogP contribution in [0.1, 0.15) is 96.1 Å². The monoisotopic (exact) mass is 617 g/mol. The normalized spacial score (nSPS) is 19.0. The van der Waals surface area contributed by atoms with E-state index in [0.29, 0.717) is 6.42 Å². The first kappa shape index (κ1) is 32.9. The van der Waals surface area contributed by atoms with E-state index in [2.05, 4.69) is 5.32 Å². The van der Waals surface area contributed by atoms with Gasteiger partial charge in [-0.15, -0.1) is 0 Å². The van der Waals surface area contributed by atoms with Crippen molar-refractivity contribution < 1.29 is 37.4 Å². The molecule has 0 unspecified atom stereocenters. The molecular weight excluding hydrogens is 576 g/mol. The van der Waals surface area contributed by atoms with Gasteiger partial charge in [-0.1, -0.05) is 12.2 Å². The van der Waals surface area contributed by atoms with Gasteiger partial charge in [0.2, 0.25) is 5.43 Å². The number of fused-ring (bicyclic) bond motifs is 1. The van der Waals surface area contributed by atoms with Crippen LogP contribution in [-0.4, -0.2) is 64.1 Å². The summed E-state index contributed by atoms with van der Waals surface area (Å²) < 4.78 is 47.8. The molecule has 2 heterocycles. The molecular formula is C32H41F2N3O7. The van der Waals surface area contributed by atoms with Gasteiger partial charge in [0.05, 0.1) is 23.6 Å². The number of hydrogen-bond donors (Lipinski definition) is 1. The topological polar surface area (TPSA) is 116 Å². The molecule has 12 heteroatoms. The molecule has 1 aliphatic heterocycles. The summed E-state index contributed by atoms with van der Waals surface area (Å²) in [6.45, 7) is 12.3. The Balaban J connectivity index is 1.67. The van der Waals surface area contributed by atoms with Crippen LogP contribution in [0.15, 0.2) is 23.1 Å². The summed E-state index contributed by atoms with van der Waals surface area (Å²) in [5.41, 5.74) is -2.40. The summed E-state index contributed by atoms with van der Waals surface area (Å²) in [7, 11) is 0. The fraction of sp³-hybridized carbons (Fsp3) is 0.562. The molecule has 2 fully saturated rings. The minimum atomic E-state index is -1.23. The predicted molar refractivity (Wildman–Crippen MR) is 161 cm³/mol. The largest absolute Gasteiger partial charge is 0.462 e. The minimum absolute atomic E-state index is 0.0567. The van der Waals surface area contributed by atoms with Crippen LogP contribution in [-0.2, 0) is 14.2 Å². The number of carbonyl (C=O) groups excluding carboxylic acids is 3. The maximum absolute atomic E-state index is 15.4. The molecule has 10 nitrogen and oxygen atoms in total. The quantitative estimate of drug-likeness (QED) is 0.295. The second-order valence-electron chi connectivity index (χ2n) is 13.2. The van der Waals surface area contributed by atoms with Crippen molar-refractivity contribution in [2.45, 2.75) is 103 Å². The van der Waals surface area contributed by atoms with Gasteiger partial charge in [0.15, 0.2) is 11.6 Å². The Morgan fingerprint density at radius 3 is 2.32 bits per heavy atom. The number of aromatic nitrogens is 1. The highest BCUT2D eigenvalue weighted by atomic mass is 19.2. The molecule has 1 saturated carbocycles. The Hall–Kier alpha value is -3.96. The summed E-state index contributed by atoms with van der Waals surface area (Å²) >= 11 is 0. The average molecular weight is 618 g/mol. The van der Waals surface area contributed by atoms with E-state index in [9.17, 15) is 23.6 Å². The number of halogens is 2. The molecule has 0 bridgehead atoms. The van der Waals surface area contributed by atoms with Crippen LogP contribution in [0, 0.1) is 11.6 Å². The number of hydrogen-bond acceptors (Lipinski definition) is 7. The van der Waals surface area contributed by atoms with Gasteiger partial charge in [0.25, 0.3) is 0 Å². The SMILES string of the molecule is CCOC(=O)c1cn(C2CC2)c2c(C=CC[C@H]3C[C@H](NC(=O)OC(C)(C)C)CN3C(=O)OC(C)(C)C)c(F)c(F)cc2c1=O. The third-order valence-corrected chi connectivity index (χ3v) is 7.13. The summed E-state index contributed by atoms with van der Waals surface area (Å²) in [5, 5.41) is 2.67. The van der Waals surface area contributed by atoms with E-state index in [1.54, 1.807) is 59.1 Å². The Bertz CT molecular complexity index is 1530. The third-order valence-electron chi connectivity index (χ3n) is 7.13. The number of alkyl carbamates (subject to hydrolysis) is 1. The highest BCUT2D eigenvalue weighted by Gasteiger charge is 2.38. The van der Waals surface area contributed by atoms with Gasteiger partial charge < -0.3 is 29.0 Å². The lowest BCUT2D eigenvalue weighted by molar-refractivity contribution is 0.0220. The number of nitrogens with one attached hydrogen (secondary N) is 1. The zero-order valence-electron chi connectivity index (χ0n) is 26.3. The first-order valence-electron chi connectivity index (χ1n) is 14.9. The predicted octanol–water partition coefficient (Wildman–Crippen LogP) is 6.10. The number of pyridine rings is 1. The van der Waals surface area contributed by atoms with E-state index in [4.69, 9.17) is 14.2 Å². The van der Waals surface area contributed by atoms with E-state index in [1.807, 2.05) is 0 Å². The number of ether oxygens (including phenoxy) is 3. The van der Waals surface area contributed by atoms with Crippen molar-refractivity contribution in [1.82, 2.24) is 14.8 Å². The fourth-order valence-electron chi connectivity index (χ4n) is 5.25. The van der Waals surface area contributed by atoms with E-state index in [1.165, 1.54) is 17.2 Å². The fourth-order valence-corrected chi connectivity index (χ4v) is 5.25. The van der Waals surface area contributed by atoms with Gasteiger partial charge in [-0.2, -0.15) is 0 Å². The van der Waals surface area contributed by atoms with Crippen LogP contribution in [0.2, 0.25) is 0 Å². The molecule has 4 rings (SSSR count). The number of likely N-dealkylation sites (tertiary alicyclic amines) is 1. The molecule has 240 valence electrons. The van der Waals surface area contributed by atoms with Gasteiger partial charge in [0, 0.05) is 30.4 Å². The van der Waals surface area contributed by atoms with Crippen molar-refractivity contribution in [3.63, 3.8) is 0 Å². The van der Waals surface area contributed by atoms with Crippen molar-refractivity contribution in [3.05, 3.63) is 51.3 Å². The van der Waals surface area contributed by atoms with Crippen LogP contribution in [0.5, 0.6) is 0 Å². The number of amides is 2. The molecule has 1 aromatic carbocycles. The molecule has 1 aliphatic carbocycles. The Labute approximate surface area is 255 Å². The maximum atomic E-state index is 15.4. The van der Waals surface area contributed by atoms with Gasteiger partial charge in [0.1, 0.15) is 16.8 Å². The lowest BCUT2D eigenvalue weighted by atomic mass is 10.0. The number of rotatable bonds is 7. The average Bonchev–Trinajstić information content (AvgIpc) is 3.65. The molecule has 44 heavy (non-hydrogen) atoms. The van der Waals surface area contributed by atoms with Gasteiger partial charge in [-0.3, -0.25) is 4.79 Å². The Kier molecular flexibility index (Phi) is 9.41. The number of carbonyl (C=O) groups is 3. The molecule has 1 aromatic heterocycles. The zero-order chi connectivity index (χ0) is 32.6. The maximum Gasteiger partial charge on any atom is 0.410 e. The van der Waals surface area contributed by atoms with Gasteiger partial charge in [-0.05, 0) is 80.2 Å². The molecule has 1 saturated heterocycles. The lowest BCUT2D eigenvalue weighted by Crippen LogP contribution is -2.43. The van der Waals surface area contributed by atoms with Crippen LogP contribution < -0.4 is 10.7 Å². The molecule has 2 aromatic rings. The summed E-state index contributed by atoms with van der Waals surface area (Å²) in [4.78, 5) is 52.8. The van der Waals surface area contributed by atoms with Crippen molar-refractivity contribution >= 4 is 35.1 Å². The first-order chi connectivity index (χ1) is 20.5. The smallest absolute Gasteiger partial charge is 0.410 e. The summed E-state index contributed by atoms with van der Waals surface area (Å²) in [6, 6.07) is -0.130. The third kappa shape index (κ3) is 7.75. The molecule has 2 atom stereocenters. The molecule has 2 aliphatic rings. The molecule has 2 amide bonds. The van der Waals surface area contributed by atoms with Gasteiger partial charge >= 0.3 is 18.2 Å². The van der Waals surface area contributed by atoms with Crippen LogP contribution in [0.4, 0.5) is 18.4 Å². The Morgan fingerprint density at radius 2 is 1.73 bits per heavy atom. The second-order valence-corrected chi connectivity index (χ2v) is 13.2. The standard InChI is InChI=1S/C32H41F2N3O7/c1-8-42-28(39)23-17-36(19-12-13-19)26-21(25(34)24(33)15-22(26)27(23)38)11-9-10-20-14-18(35-29(40)43-31(2,3)4)16-37(20)30(41)44-32(5,6)7/h9,11,15,17-20H,8,10,12-14,16H2,1-7H3,(H,35,40)/t18-,20-/m0/s1. The van der Waals surface area contributed by atoms with Crippen molar-refractivity contribution in [3.8, 4) is 0 Å². The first-order valence-corrected chi connectivity index (χ1v) is 14.9. The van der Waals surface area contributed by atoms with E-state index in [-0.39, 0.29) is 47.6 Å². The van der Waals surface area contributed by atoms with Crippen molar-refractivity contribution in [2.75, 3.05) is 13.2 Å². The highest BCUT2D eigenvalue weighted by molar-refractivity contribution is 5.96. The highest BCUT2D eigenvalue weighted by Crippen LogP contribution is 2.39. The summed E-state index contributed by atoms with van der Waals surface area (Å²) in [5.74, 6) is -3.18. The number of nitrogens with zero attached hydrogens (tertiary/aromatic N) is 2. The van der Waals surface area contributed by atoms with Crippen molar-refractivity contribution in [2.24, 2.45) is 0 Å². The number of benzene rings is 1. The minimum Gasteiger partial charge on any atom is -0.462 e. The van der Waals surface area contributed by atoms with Crippen LogP contribution in [0.3, 0.4) is 0 Å². The van der Waals surface area contributed by atoms with Crippen molar-refractivity contribution in [1.29, 1.82) is 0 Å². The molecule has 0 spiro atoms. The number of esters is 1. The van der Waals surface area contributed by atoms with Crippen LogP contribution >= 0.6 is 0 Å². The zero-order valence-corrected chi connectivity index (χ0v) is 26.3. The second kappa shape index (κ2) is 12.6. The van der Waals surface area contributed by atoms with Crippen LogP contribution in [0.25, 0.3) is 17.0 Å². The molecule has 0 radical (unpaired) electrons. The van der Waals surface area contributed by atoms with E-state index >= 15 is 4.39 Å². The van der Waals surface area contributed by atoms with E-state index < -0.39 is 58.5 Å². The lowest BCUT2D eigenvalue weighted by Gasteiger charge is -2.28. The Morgan fingerprint density at radius 1 is 1.07 bits per heavy atom. The van der Waals surface area contributed by atoms with Gasteiger partial charge in [-0.25, -0.2) is 23.2 Å².